The molecule has 0 saturated heterocycles. The van der Waals surface area contributed by atoms with E-state index in [-0.39, 0.29) is 23.1 Å². The number of halogens is 1. The first-order chi connectivity index (χ1) is 12.1. The monoisotopic (exact) mass is 368 g/mol. The highest BCUT2D eigenvalue weighted by Gasteiger charge is 2.19. The lowest BCUT2D eigenvalue weighted by Crippen LogP contribution is -2.17. The third-order valence-electron chi connectivity index (χ3n) is 3.79. The summed E-state index contributed by atoms with van der Waals surface area (Å²) in [5, 5.41) is -0.277. The van der Waals surface area contributed by atoms with E-state index in [1.54, 1.807) is 31.2 Å². The van der Waals surface area contributed by atoms with Crippen molar-refractivity contribution >= 4 is 23.5 Å². The van der Waals surface area contributed by atoms with Gasteiger partial charge in [-0.2, -0.15) is 0 Å². The Balaban J connectivity index is 2.41. The van der Waals surface area contributed by atoms with Crippen LogP contribution >= 0.6 is 11.6 Å². The molecular weight excluding hydrogens is 340 g/mol. The second kappa shape index (κ2) is 12.8. The molecule has 140 valence electrons. The van der Waals surface area contributed by atoms with E-state index in [1.807, 2.05) is 0 Å². The molecule has 1 aromatic carbocycles. The first-order valence-electron chi connectivity index (χ1n) is 9.13. The first kappa shape index (κ1) is 21.5. The molecule has 5 heteroatoms. The second-order valence-corrected chi connectivity index (χ2v) is 6.93. The van der Waals surface area contributed by atoms with Gasteiger partial charge in [-0.05, 0) is 25.5 Å². The summed E-state index contributed by atoms with van der Waals surface area (Å²) in [5.41, 5.74) is 0.446. The van der Waals surface area contributed by atoms with E-state index >= 15 is 0 Å². The standard InChI is InChI=1S/C20H29ClO4/c1-3-4-5-6-7-8-11-14-24-19(22)17-12-9-10-13-18(17)20(23)25-15-16(2)21/h9-10,12-13,16H,3-8,11,14-15H2,1-2H3. The van der Waals surface area contributed by atoms with Crippen molar-refractivity contribution < 1.29 is 19.1 Å². The number of carbonyl (C=O) groups is 2. The topological polar surface area (TPSA) is 52.6 Å². The lowest BCUT2D eigenvalue weighted by atomic mass is 10.1. The van der Waals surface area contributed by atoms with E-state index < -0.39 is 11.9 Å². The minimum atomic E-state index is -0.559. The van der Waals surface area contributed by atoms with E-state index in [0.717, 1.165) is 19.3 Å². The molecule has 0 radical (unpaired) electrons. The van der Waals surface area contributed by atoms with Gasteiger partial charge in [0.15, 0.2) is 0 Å². The minimum absolute atomic E-state index is 0.0990. The number of hydrogen-bond acceptors (Lipinski definition) is 4. The van der Waals surface area contributed by atoms with Gasteiger partial charge in [0.25, 0.3) is 0 Å². The number of hydrogen-bond donors (Lipinski definition) is 0. The highest BCUT2D eigenvalue weighted by molar-refractivity contribution is 6.20. The summed E-state index contributed by atoms with van der Waals surface area (Å²) in [6, 6.07) is 6.53. The molecule has 4 nitrogen and oxygen atoms in total. The Kier molecular flexibility index (Phi) is 11.0. The number of esters is 2. The van der Waals surface area contributed by atoms with E-state index in [1.165, 1.54) is 25.7 Å². The predicted octanol–water partition coefficient (Wildman–Crippen LogP) is 5.38. The summed E-state index contributed by atoms with van der Waals surface area (Å²) >= 11 is 5.78. The van der Waals surface area contributed by atoms with Gasteiger partial charge in [-0.3, -0.25) is 0 Å². The number of carbonyl (C=O) groups excluding carboxylic acids is 2. The summed E-state index contributed by atoms with van der Waals surface area (Å²) in [5.74, 6) is -1.05. The van der Waals surface area contributed by atoms with E-state index in [4.69, 9.17) is 21.1 Å². The van der Waals surface area contributed by atoms with Gasteiger partial charge in [0.2, 0.25) is 0 Å². The van der Waals surface area contributed by atoms with Crippen LogP contribution in [0.25, 0.3) is 0 Å². The predicted molar refractivity (Wildman–Crippen MR) is 100 cm³/mol. The smallest absolute Gasteiger partial charge is 0.339 e. The third kappa shape index (κ3) is 8.92. The molecule has 0 saturated carbocycles. The fourth-order valence-corrected chi connectivity index (χ4v) is 2.47. The maximum Gasteiger partial charge on any atom is 0.339 e. The summed E-state index contributed by atoms with van der Waals surface area (Å²) in [6.45, 7) is 4.40. The lowest BCUT2D eigenvalue weighted by molar-refractivity contribution is 0.0455. The van der Waals surface area contributed by atoms with Crippen molar-refractivity contribution in [2.24, 2.45) is 0 Å². The Morgan fingerprint density at radius 2 is 1.44 bits per heavy atom. The van der Waals surface area contributed by atoms with Gasteiger partial charge in [-0.1, -0.05) is 57.6 Å². The molecule has 0 fully saturated rings. The van der Waals surface area contributed by atoms with Crippen molar-refractivity contribution in [3.63, 3.8) is 0 Å². The highest BCUT2D eigenvalue weighted by Crippen LogP contribution is 2.13. The molecular formula is C20H29ClO4. The van der Waals surface area contributed by atoms with E-state index in [2.05, 4.69) is 6.92 Å². The number of alkyl halides is 1. The van der Waals surface area contributed by atoms with Gasteiger partial charge in [-0.15, -0.1) is 11.6 Å². The van der Waals surface area contributed by atoms with Crippen molar-refractivity contribution in [3.8, 4) is 0 Å². The van der Waals surface area contributed by atoms with Gasteiger partial charge in [0.1, 0.15) is 6.61 Å². The van der Waals surface area contributed by atoms with Gasteiger partial charge in [-0.25, -0.2) is 9.59 Å². The van der Waals surface area contributed by atoms with Crippen molar-refractivity contribution in [2.45, 2.75) is 64.2 Å². The Morgan fingerprint density at radius 1 is 0.920 bits per heavy atom. The summed E-state index contributed by atoms with van der Waals surface area (Å²) < 4.78 is 10.4. The molecule has 0 amide bonds. The number of rotatable bonds is 12. The lowest BCUT2D eigenvalue weighted by Gasteiger charge is -2.10. The molecule has 0 aliphatic carbocycles. The fourth-order valence-electron chi connectivity index (χ4n) is 2.41. The first-order valence-corrected chi connectivity index (χ1v) is 9.57. The van der Waals surface area contributed by atoms with Crippen molar-refractivity contribution in [2.75, 3.05) is 13.2 Å². The zero-order valence-corrected chi connectivity index (χ0v) is 16.0. The molecule has 0 spiro atoms. The van der Waals surface area contributed by atoms with Gasteiger partial charge < -0.3 is 9.47 Å². The molecule has 1 aromatic rings. The van der Waals surface area contributed by atoms with Crippen LogP contribution in [0.5, 0.6) is 0 Å². The van der Waals surface area contributed by atoms with Gasteiger partial charge in [0.05, 0.1) is 23.1 Å². The SMILES string of the molecule is CCCCCCCCCOC(=O)c1ccccc1C(=O)OCC(C)Cl. The fraction of sp³-hybridized carbons (Fsp3) is 0.600. The molecule has 1 unspecified atom stereocenters. The van der Waals surface area contributed by atoms with Gasteiger partial charge in [0, 0.05) is 0 Å². The number of ether oxygens (including phenoxy) is 2. The van der Waals surface area contributed by atoms with Crippen LogP contribution in [-0.4, -0.2) is 30.5 Å². The normalized spacial score (nSPS) is 11.8. The van der Waals surface area contributed by atoms with E-state index in [0.29, 0.717) is 6.61 Å². The molecule has 0 bridgehead atoms. The minimum Gasteiger partial charge on any atom is -0.462 e. The third-order valence-corrected chi connectivity index (χ3v) is 3.92. The summed E-state index contributed by atoms with van der Waals surface area (Å²) in [7, 11) is 0. The largest absolute Gasteiger partial charge is 0.462 e. The van der Waals surface area contributed by atoms with Crippen LogP contribution in [0, 0.1) is 0 Å². The molecule has 1 rings (SSSR count). The quantitative estimate of drug-likeness (QED) is 0.282. The molecule has 0 heterocycles. The molecule has 25 heavy (non-hydrogen) atoms. The van der Waals surface area contributed by atoms with Crippen LogP contribution in [0.1, 0.15) is 79.5 Å². The van der Waals surface area contributed by atoms with Crippen LogP contribution in [0.15, 0.2) is 24.3 Å². The highest BCUT2D eigenvalue weighted by atomic mass is 35.5. The number of unbranched alkanes of at least 4 members (excludes halogenated alkanes) is 6. The van der Waals surface area contributed by atoms with Crippen molar-refractivity contribution in [1.82, 2.24) is 0 Å². The van der Waals surface area contributed by atoms with Crippen LogP contribution in [-0.2, 0) is 9.47 Å². The Hall–Kier alpha value is -1.55. The van der Waals surface area contributed by atoms with Crippen LogP contribution in [0.3, 0.4) is 0 Å². The molecule has 0 N–H and O–H groups in total. The molecule has 0 aliphatic rings. The van der Waals surface area contributed by atoms with Crippen LogP contribution in [0.2, 0.25) is 0 Å². The maximum absolute atomic E-state index is 12.2. The Labute approximate surface area is 155 Å². The number of benzene rings is 1. The molecule has 1 atom stereocenters. The average molecular weight is 369 g/mol. The second-order valence-electron chi connectivity index (χ2n) is 6.18. The van der Waals surface area contributed by atoms with Crippen LogP contribution in [0.4, 0.5) is 0 Å². The summed E-state index contributed by atoms with van der Waals surface area (Å²) in [6.07, 6.45) is 8.08. The van der Waals surface area contributed by atoms with E-state index in [9.17, 15) is 9.59 Å². The Bertz CT molecular complexity index is 528. The van der Waals surface area contributed by atoms with Gasteiger partial charge >= 0.3 is 11.9 Å². The maximum atomic E-state index is 12.2. The van der Waals surface area contributed by atoms with Crippen molar-refractivity contribution in [3.05, 3.63) is 35.4 Å². The zero-order chi connectivity index (χ0) is 18.5. The van der Waals surface area contributed by atoms with Crippen molar-refractivity contribution in [1.29, 1.82) is 0 Å². The zero-order valence-electron chi connectivity index (χ0n) is 15.3. The average Bonchev–Trinajstić information content (AvgIpc) is 2.61. The van der Waals surface area contributed by atoms with Crippen LogP contribution < -0.4 is 0 Å². The molecule has 0 aromatic heterocycles. The summed E-state index contributed by atoms with van der Waals surface area (Å²) in [4.78, 5) is 24.3. The molecule has 0 aliphatic heterocycles. The Morgan fingerprint density at radius 3 is 2.00 bits per heavy atom.